The van der Waals surface area contributed by atoms with E-state index < -0.39 is 0 Å². The van der Waals surface area contributed by atoms with Crippen LogP contribution in [0.25, 0.3) is 10.8 Å². The zero-order valence-electron chi connectivity index (χ0n) is 16.5. The normalized spacial score (nSPS) is 14.9. The molecular weight excluding hydrogens is 378 g/mol. The third-order valence-corrected chi connectivity index (χ3v) is 6.10. The van der Waals surface area contributed by atoms with E-state index in [0.29, 0.717) is 10.9 Å². The maximum absolute atomic E-state index is 6.19. The first-order valence-corrected chi connectivity index (χ1v) is 11.0. The molecule has 1 aliphatic heterocycles. The summed E-state index contributed by atoms with van der Waals surface area (Å²) in [5, 5.41) is 7.41. The smallest absolute Gasteiger partial charge is 0.178 e. The molecule has 4 rings (SSSR count). The molecule has 29 heavy (non-hydrogen) atoms. The third-order valence-electron chi connectivity index (χ3n) is 5.26. The van der Waals surface area contributed by atoms with Crippen LogP contribution in [0.2, 0.25) is 0 Å². The van der Waals surface area contributed by atoms with E-state index in [-0.39, 0.29) is 0 Å². The van der Waals surface area contributed by atoms with Crippen molar-refractivity contribution in [2.75, 3.05) is 29.1 Å². The lowest BCUT2D eigenvalue weighted by Gasteiger charge is -2.30. The molecule has 0 aromatic heterocycles. The van der Waals surface area contributed by atoms with E-state index in [1.807, 2.05) is 12.1 Å². The summed E-state index contributed by atoms with van der Waals surface area (Å²) in [4.78, 5) is 2.39. The topological polar surface area (TPSA) is 79.7 Å². The summed E-state index contributed by atoms with van der Waals surface area (Å²) >= 11 is 1.53. The third kappa shape index (κ3) is 4.77. The van der Waals surface area contributed by atoms with Gasteiger partial charge >= 0.3 is 0 Å². The van der Waals surface area contributed by atoms with Gasteiger partial charge in [0.15, 0.2) is 5.17 Å². The van der Waals surface area contributed by atoms with Gasteiger partial charge < -0.3 is 16.4 Å². The summed E-state index contributed by atoms with van der Waals surface area (Å²) in [6, 6.07) is 20.7. The summed E-state index contributed by atoms with van der Waals surface area (Å²) in [6.07, 6.45) is 3.73. The highest BCUT2D eigenvalue weighted by Gasteiger charge is 2.14. The fourth-order valence-electron chi connectivity index (χ4n) is 3.77. The molecule has 1 aliphatic rings. The van der Waals surface area contributed by atoms with E-state index in [1.54, 1.807) is 0 Å². The fraction of sp³-hybridized carbons (Fsp3) is 0.261. The summed E-state index contributed by atoms with van der Waals surface area (Å²) in [6.45, 7) is 2.13. The number of nitrogen functional groups attached to an aromatic ring is 1. The van der Waals surface area contributed by atoms with Gasteiger partial charge in [-0.3, -0.25) is 5.43 Å². The van der Waals surface area contributed by atoms with Crippen LogP contribution in [0.15, 0.2) is 65.8 Å². The number of anilines is 3. The van der Waals surface area contributed by atoms with Crippen LogP contribution in [0, 0.1) is 0 Å². The van der Waals surface area contributed by atoms with Gasteiger partial charge in [-0.25, -0.2) is 0 Å². The minimum Gasteiger partial charge on any atom is -0.399 e. The van der Waals surface area contributed by atoms with Crippen molar-refractivity contribution in [1.29, 1.82) is 0 Å². The zero-order valence-corrected chi connectivity index (χ0v) is 17.3. The number of nitrogens with zero attached hydrogens (tertiary/aromatic N) is 2. The molecule has 5 nitrogen and oxygen atoms in total. The highest BCUT2D eigenvalue weighted by atomic mass is 32.2. The van der Waals surface area contributed by atoms with Gasteiger partial charge in [0.25, 0.3) is 0 Å². The van der Waals surface area contributed by atoms with Crippen molar-refractivity contribution in [1.82, 2.24) is 0 Å². The van der Waals surface area contributed by atoms with Gasteiger partial charge in [-0.05, 0) is 53.8 Å². The Morgan fingerprint density at radius 3 is 2.66 bits per heavy atom. The molecule has 1 fully saturated rings. The Morgan fingerprint density at radius 2 is 1.79 bits per heavy atom. The summed E-state index contributed by atoms with van der Waals surface area (Å²) in [7, 11) is 0. The lowest BCUT2D eigenvalue weighted by Crippen LogP contribution is -2.30. The van der Waals surface area contributed by atoms with Crippen LogP contribution in [0.5, 0.6) is 0 Å². The molecule has 150 valence electrons. The van der Waals surface area contributed by atoms with Gasteiger partial charge in [-0.1, -0.05) is 54.2 Å². The average molecular weight is 406 g/mol. The first-order valence-electron chi connectivity index (χ1n) is 10.0. The SMILES string of the molecule is N/C(=N\Nc1cc(N)ccc1N1CCCCC1)SCc1cccc2ccccc12. The second-order valence-electron chi connectivity index (χ2n) is 7.31. The zero-order chi connectivity index (χ0) is 20.1. The number of hydrogen-bond donors (Lipinski definition) is 3. The molecule has 1 heterocycles. The number of fused-ring (bicyclic) bond motifs is 1. The van der Waals surface area contributed by atoms with Crippen LogP contribution < -0.4 is 21.8 Å². The lowest BCUT2D eigenvalue weighted by molar-refractivity contribution is 0.578. The van der Waals surface area contributed by atoms with Gasteiger partial charge in [0.05, 0.1) is 11.4 Å². The molecule has 0 aliphatic carbocycles. The Bertz CT molecular complexity index is 1010. The van der Waals surface area contributed by atoms with E-state index in [1.165, 1.54) is 47.4 Å². The van der Waals surface area contributed by atoms with Crippen molar-refractivity contribution < 1.29 is 0 Å². The van der Waals surface area contributed by atoms with Crippen LogP contribution in [0.1, 0.15) is 24.8 Å². The van der Waals surface area contributed by atoms with E-state index >= 15 is 0 Å². The van der Waals surface area contributed by atoms with Gasteiger partial charge in [0.1, 0.15) is 0 Å². The maximum atomic E-state index is 6.19. The minimum atomic E-state index is 0.505. The number of rotatable bonds is 5. The van der Waals surface area contributed by atoms with Crippen molar-refractivity contribution in [2.45, 2.75) is 25.0 Å². The molecule has 0 saturated carbocycles. The number of nitrogens with two attached hydrogens (primary N) is 2. The number of benzene rings is 3. The number of thioether (sulfide) groups is 1. The largest absolute Gasteiger partial charge is 0.399 e. The molecule has 1 saturated heterocycles. The van der Waals surface area contributed by atoms with Gasteiger partial charge in [0.2, 0.25) is 0 Å². The average Bonchev–Trinajstić information content (AvgIpc) is 2.77. The standard InChI is InChI=1S/C23H27N5S/c24-19-11-12-22(28-13-4-1-5-14-28)21(15-19)26-27-23(25)29-16-18-9-6-8-17-7-2-3-10-20(17)18/h2-3,6-12,15,26H,1,4-5,13-14,16,24H2,(H2,25,27). The molecule has 0 atom stereocenters. The first kappa shape index (κ1) is 19.5. The molecule has 3 aromatic carbocycles. The molecule has 0 bridgehead atoms. The molecular formula is C23H27N5S. The van der Waals surface area contributed by atoms with E-state index in [4.69, 9.17) is 11.5 Å². The molecule has 3 aromatic rings. The van der Waals surface area contributed by atoms with Crippen molar-refractivity contribution in [3.63, 3.8) is 0 Å². The molecule has 5 N–H and O–H groups in total. The van der Waals surface area contributed by atoms with Crippen LogP contribution >= 0.6 is 11.8 Å². The van der Waals surface area contributed by atoms with Crippen molar-refractivity contribution in [3.05, 3.63) is 66.2 Å². The highest BCUT2D eigenvalue weighted by Crippen LogP contribution is 2.31. The van der Waals surface area contributed by atoms with Crippen LogP contribution in [-0.2, 0) is 5.75 Å². The Balaban J connectivity index is 1.45. The Hall–Kier alpha value is -2.86. The summed E-state index contributed by atoms with van der Waals surface area (Å²) in [5.74, 6) is 0.772. The Labute approximate surface area is 176 Å². The maximum Gasteiger partial charge on any atom is 0.178 e. The van der Waals surface area contributed by atoms with Gasteiger partial charge in [-0.2, -0.15) is 5.10 Å². The number of piperidine rings is 1. The van der Waals surface area contributed by atoms with Crippen molar-refractivity contribution in [2.24, 2.45) is 10.8 Å². The van der Waals surface area contributed by atoms with Crippen LogP contribution in [-0.4, -0.2) is 18.3 Å². The van der Waals surface area contributed by atoms with Crippen molar-refractivity contribution in [3.8, 4) is 0 Å². The number of nitrogens with one attached hydrogen (secondary N) is 1. The fourth-order valence-corrected chi connectivity index (χ4v) is 4.44. The van der Waals surface area contributed by atoms with E-state index in [9.17, 15) is 0 Å². The second-order valence-corrected chi connectivity index (χ2v) is 8.31. The number of amidine groups is 1. The molecule has 0 unspecified atom stereocenters. The monoisotopic (exact) mass is 405 g/mol. The quantitative estimate of drug-likeness (QED) is 0.241. The van der Waals surface area contributed by atoms with Crippen molar-refractivity contribution >= 4 is 44.8 Å². The Kier molecular flexibility index (Phi) is 6.10. The number of hydrogen-bond acceptors (Lipinski definition) is 5. The summed E-state index contributed by atoms with van der Waals surface area (Å²) < 4.78 is 0. The second kappa shape index (κ2) is 9.09. The summed E-state index contributed by atoms with van der Waals surface area (Å²) in [5.41, 5.74) is 19.3. The van der Waals surface area contributed by atoms with Crippen LogP contribution in [0.3, 0.4) is 0 Å². The predicted molar refractivity (Wildman–Crippen MR) is 127 cm³/mol. The highest BCUT2D eigenvalue weighted by molar-refractivity contribution is 8.13. The van der Waals surface area contributed by atoms with Gasteiger partial charge in [0, 0.05) is 24.5 Å². The molecule has 0 spiro atoms. The Morgan fingerprint density at radius 1 is 1.00 bits per heavy atom. The molecule has 0 amide bonds. The lowest BCUT2D eigenvalue weighted by atomic mass is 10.1. The van der Waals surface area contributed by atoms with E-state index in [0.717, 1.165) is 30.2 Å². The van der Waals surface area contributed by atoms with Crippen LogP contribution in [0.4, 0.5) is 17.1 Å². The predicted octanol–water partition coefficient (Wildman–Crippen LogP) is 4.99. The van der Waals surface area contributed by atoms with Gasteiger partial charge in [-0.15, -0.1) is 0 Å². The molecule has 6 heteroatoms. The minimum absolute atomic E-state index is 0.505. The van der Waals surface area contributed by atoms with E-state index in [2.05, 4.69) is 64.0 Å². The molecule has 0 radical (unpaired) electrons. The number of hydrazone groups is 1. The first-order chi connectivity index (χ1) is 14.2.